The molecule has 10 aromatic carbocycles. The predicted octanol–water partition coefficient (Wildman–Crippen LogP) is 14.8. The van der Waals surface area contributed by atoms with E-state index >= 15 is 0 Å². The van der Waals surface area contributed by atoms with Crippen molar-refractivity contribution in [1.29, 1.82) is 0 Å². The van der Waals surface area contributed by atoms with Gasteiger partial charge in [0.05, 0.1) is 17.1 Å². The Kier molecular flexibility index (Phi) is 7.55. The fourth-order valence-electron chi connectivity index (χ4n) is 8.19. The van der Waals surface area contributed by atoms with Crippen LogP contribution in [0.2, 0.25) is 0 Å². The van der Waals surface area contributed by atoms with Gasteiger partial charge in [-0.2, -0.15) is 0 Å². The first-order valence-electron chi connectivity index (χ1n) is 18.3. The largest absolute Gasteiger partial charge is 0.309 e. The highest BCUT2D eigenvalue weighted by molar-refractivity contribution is 6.16. The molecular weight excluding hydrogens is 639 g/mol. The van der Waals surface area contributed by atoms with E-state index in [1.54, 1.807) is 0 Å². The van der Waals surface area contributed by atoms with Crippen molar-refractivity contribution in [3.63, 3.8) is 0 Å². The second-order valence-electron chi connectivity index (χ2n) is 13.7. The Hall–Kier alpha value is -6.96. The highest BCUT2D eigenvalue weighted by Gasteiger charge is 2.23. The Bertz CT molecular complexity index is 2960. The molecule has 10 aromatic rings. The van der Waals surface area contributed by atoms with Gasteiger partial charge in [-0.1, -0.05) is 182 Å². The Morgan fingerprint density at radius 1 is 0.226 bits per heavy atom. The van der Waals surface area contributed by atoms with Gasteiger partial charge in [0.15, 0.2) is 0 Å². The first-order valence-corrected chi connectivity index (χ1v) is 18.3. The normalized spacial score (nSPS) is 11.4. The number of hydrogen-bond donors (Lipinski definition) is 0. The molecular formula is C52H35N. The average molecular weight is 674 g/mol. The van der Waals surface area contributed by atoms with E-state index in [9.17, 15) is 0 Å². The highest BCUT2D eigenvalue weighted by Crippen LogP contribution is 2.49. The molecule has 0 aliphatic carbocycles. The summed E-state index contributed by atoms with van der Waals surface area (Å²) in [6.07, 6.45) is 0. The molecule has 0 unspecified atom stereocenters. The topological polar surface area (TPSA) is 3.24 Å². The van der Waals surface area contributed by atoms with Gasteiger partial charge in [0.1, 0.15) is 0 Å². The molecule has 0 heterocycles. The lowest BCUT2D eigenvalue weighted by Crippen LogP contribution is -2.13. The second kappa shape index (κ2) is 13.0. The van der Waals surface area contributed by atoms with E-state index < -0.39 is 0 Å². The van der Waals surface area contributed by atoms with Crippen molar-refractivity contribution in [2.24, 2.45) is 0 Å². The Morgan fingerprint density at radius 2 is 0.755 bits per heavy atom. The minimum absolute atomic E-state index is 1.12. The van der Waals surface area contributed by atoms with Crippen LogP contribution >= 0.6 is 0 Å². The smallest absolute Gasteiger partial charge is 0.0540 e. The number of fused-ring (bicyclic) bond motifs is 5. The van der Waals surface area contributed by atoms with E-state index in [-0.39, 0.29) is 0 Å². The van der Waals surface area contributed by atoms with Gasteiger partial charge in [-0.15, -0.1) is 0 Å². The first kappa shape index (κ1) is 30.8. The van der Waals surface area contributed by atoms with Crippen LogP contribution in [0.15, 0.2) is 212 Å². The van der Waals surface area contributed by atoms with E-state index in [0.717, 1.165) is 17.1 Å². The number of para-hydroxylation sites is 2. The minimum atomic E-state index is 1.12. The van der Waals surface area contributed by atoms with Crippen LogP contribution < -0.4 is 4.90 Å². The third-order valence-corrected chi connectivity index (χ3v) is 10.6. The third kappa shape index (κ3) is 5.34. The third-order valence-electron chi connectivity index (χ3n) is 10.6. The molecule has 0 atom stereocenters. The maximum atomic E-state index is 2.50. The first-order chi connectivity index (χ1) is 26.3. The van der Waals surface area contributed by atoms with E-state index in [1.165, 1.54) is 76.5 Å². The number of hydrogen-bond acceptors (Lipinski definition) is 1. The van der Waals surface area contributed by atoms with E-state index in [1.807, 2.05) is 0 Å². The fourth-order valence-corrected chi connectivity index (χ4v) is 8.19. The van der Waals surface area contributed by atoms with Gasteiger partial charge in [-0.3, -0.25) is 0 Å². The summed E-state index contributed by atoms with van der Waals surface area (Å²) >= 11 is 0. The molecule has 0 spiro atoms. The summed E-state index contributed by atoms with van der Waals surface area (Å²) in [5.74, 6) is 0. The second-order valence-corrected chi connectivity index (χ2v) is 13.7. The van der Waals surface area contributed by atoms with Crippen LogP contribution in [0.4, 0.5) is 17.1 Å². The Labute approximate surface area is 309 Å². The molecule has 0 amide bonds. The van der Waals surface area contributed by atoms with Crippen LogP contribution in [0.25, 0.3) is 76.5 Å². The number of rotatable bonds is 6. The van der Waals surface area contributed by atoms with Gasteiger partial charge in [-0.25, -0.2) is 0 Å². The van der Waals surface area contributed by atoms with Crippen molar-refractivity contribution in [3.05, 3.63) is 212 Å². The lowest BCUT2D eigenvalue weighted by molar-refractivity contribution is 1.30. The lowest BCUT2D eigenvalue weighted by atomic mass is 9.91. The zero-order valence-electron chi connectivity index (χ0n) is 29.2. The van der Waals surface area contributed by atoms with Gasteiger partial charge in [0, 0.05) is 16.5 Å². The molecule has 248 valence electrons. The molecule has 0 aromatic heterocycles. The molecule has 53 heavy (non-hydrogen) atoms. The summed E-state index contributed by atoms with van der Waals surface area (Å²) in [4.78, 5) is 2.50. The van der Waals surface area contributed by atoms with Crippen molar-refractivity contribution >= 4 is 60.2 Å². The van der Waals surface area contributed by atoms with Gasteiger partial charge in [0.2, 0.25) is 0 Å². The molecule has 0 fully saturated rings. The van der Waals surface area contributed by atoms with Crippen molar-refractivity contribution in [1.82, 2.24) is 0 Å². The molecule has 1 heteroatoms. The van der Waals surface area contributed by atoms with Crippen LogP contribution in [0.3, 0.4) is 0 Å². The fraction of sp³-hybridized carbons (Fsp3) is 0. The minimum Gasteiger partial charge on any atom is -0.309 e. The SMILES string of the molecule is c1ccc(-c2cccc3c(N(c4ccccc4-c4ccc5ccccc5c4)c4ccccc4-c4cc5ccccc5c5ccccc45)cccc23)cc1. The molecule has 0 saturated heterocycles. The molecule has 1 nitrogen and oxygen atoms in total. The number of nitrogens with zero attached hydrogens (tertiary/aromatic N) is 1. The molecule has 0 radical (unpaired) electrons. The van der Waals surface area contributed by atoms with Crippen LogP contribution in [0.5, 0.6) is 0 Å². The zero-order chi connectivity index (χ0) is 35.1. The summed E-state index contributed by atoms with van der Waals surface area (Å²) in [5, 5.41) is 9.89. The molecule has 0 aliphatic heterocycles. The van der Waals surface area contributed by atoms with Crippen molar-refractivity contribution in [2.45, 2.75) is 0 Å². The summed E-state index contributed by atoms with van der Waals surface area (Å²) in [6, 6.07) is 77.4. The monoisotopic (exact) mass is 673 g/mol. The summed E-state index contributed by atoms with van der Waals surface area (Å²) in [5.41, 5.74) is 10.6. The van der Waals surface area contributed by atoms with Gasteiger partial charge in [0.25, 0.3) is 0 Å². The van der Waals surface area contributed by atoms with Gasteiger partial charge >= 0.3 is 0 Å². The van der Waals surface area contributed by atoms with Crippen LogP contribution in [0, 0.1) is 0 Å². The zero-order valence-corrected chi connectivity index (χ0v) is 29.2. The van der Waals surface area contributed by atoms with E-state index in [0.29, 0.717) is 0 Å². The molecule has 0 saturated carbocycles. The average Bonchev–Trinajstić information content (AvgIpc) is 3.24. The predicted molar refractivity (Wildman–Crippen MR) is 227 cm³/mol. The Balaban J connectivity index is 1.29. The van der Waals surface area contributed by atoms with Crippen LogP contribution in [-0.4, -0.2) is 0 Å². The summed E-state index contributed by atoms with van der Waals surface area (Å²) < 4.78 is 0. The lowest BCUT2D eigenvalue weighted by Gasteiger charge is -2.31. The van der Waals surface area contributed by atoms with Gasteiger partial charge < -0.3 is 4.90 Å². The molecule has 0 N–H and O–H groups in total. The molecule has 0 aliphatic rings. The maximum Gasteiger partial charge on any atom is 0.0540 e. The maximum absolute atomic E-state index is 2.50. The van der Waals surface area contributed by atoms with Gasteiger partial charge in [-0.05, 0) is 90.3 Å². The van der Waals surface area contributed by atoms with Crippen LogP contribution in [-0.2, 0) is 0 Å². The van der Waals surface area contributed by atoms with E-state index in [4.69, 9.17) is 0 Å². The van der Waals surface area contributed by atoms with Crippen molar-refractivity contribution < 1.29 is 0 Å². The summed E-state index contributed by atoms with van der Waals surface area (Å²) in [6.45, 7) is 0. The number of benzene rings is 10. The summed E-state index contributed by atoms with van der Waals surface area (Å²) in [7, 11) is 0. The van der Waals surface area contributed by atoms with Crippen LogP contribution in [0.1, 0.15) is 0 Å². The highest BCUT2D eigenvalue weighted by atomic mass is 15.1. The Morgan fingerprint density at radius 3 is 1.58 bits per heavy atom. The standard InChI is InChI=1S/C52H35N/c1-2-17-37(18-3-1)41-26-14-28-47-45(41)27-15-31-52(47)53(50-29-12-10-22-43(50)40-33-32-36-16-4-5-19-38(36)34-40)51-30-13-11-25-48(51)49-35-39-20-6-7-21-42(39)44-23-8-9-24-46(44)49/h1-35H. The van der Waals surface area contributed by atoms with Crippen molar-refractivity contribution in [3.8, 4) is 33.4 Å². The van der Waals surface area contributed by atoms with Crippen molar-refractivity contribution in [2.75, 3.05) is 4.90 Å². The number of anilines is 3. The molecule has 0 bridgehead atoms. The molecule has 10 rings (SSSR count). The quantitative estimate of drug-likeness (QED) is 0.159. The van der Waals surface area contributed by atoms with E-state index in [2.05, 4.69) is 217 Å².